The number of rotatable bonds is 3. The highest BCUT2D eigenvalue weighted by molar-refractivity contribution is 5.23. The van der Waals surface area contributed by atoms with Crippen LogP contribution in [0, 0.1) is 11.3 Å². The molecule has 1 N–H and O–H groups in total. The molecule has 0 aliphatic carbocycles. The largest absolute Gasteiger partial charge is 0.319 e. The van der Waals surface area contributed by atoms with Crippen molar-refractivity contribution in [1.82, 2.24) is 10.3 Å². The van der Waals surface area contributed by atoms with Gasteiger partial charge in [-0.2, -0.15) is 5.26 Å². The van der Waals surface area contributed by atoms with E-state index in [0.717, 1.165) is 18.5 Å². The van der Waals surface area contributed by atoms with E-state index in [1.807, 2.05) is 19.2 Å². The summed E-state index contributed by atoms with van der Waals surface area (Å²) < 4.78 is 0. The third-order valence-electron chi connectivity index (χ3n) is 1.60. The zero-order valence-electron chi connectivity index (χ0n) is 7.04. The smallest absolute Gasteiger partial charge is 0.140 e. The zero-order chi connectivity index (χ0) is 8.81. The SMILES string of the molecule is CNCCc1ccc(C#N)nc1. The molecule has 3 nitrogen and oxygen atoms in total. The Morgan fingerprint density at radius 3 is 2.92 bits per heavy atom. The van der Waals surface area contributed by atoms with Crippen LogP contribution in [-0.2, 0) is 6.42 Å². The molecule has 0 aromatic carbocycles. The number of nitrogens with one attached hydrogen (secondary N) is 1. The summed E-state index contributed by atoms with van der Waals surface area (Å²) in [7, 11) is 1.91. The minimum atomic E-state index is 0.475. The molecule has 0 atom stereocenters. The molecule has 0 aliphatic heterocycles. The van der Waals surface area contributed by atoms with Crippen LogP contribution >= 0.6 is 0 Å². The van der Waals surface area contributed by atoms with E-state index in [4.69, 9.17) is 5.26 Å². The molecule has 0 radical (unpaired) electrons. The molecule has 1 heterocycles. The van der Waals surface area contributed by atoms with Gasteiger partial charge >= 0.3 is 0 Å². The van der Waals surface area contributed by atoms with Crippen molar-refractivity contribution in [1.29, 1.82) is 5.26 Å². The Kier molecular flexibility index (Phi) is 3.24. The molecule has 1 aromatic rings. The monoisotopic (exact) mass is 161 g/mol. The van der Waals surface area contributed by atoms with Crippen LogP contribution in [0.4, 0.5) is 0 Å². The fourth-order valence-electron chi connectivity index (χ4n) is 0.908. The molecular weight excluding hydrogens is 150 g/mol. The van der Waals surface area contributed by atoms with E-state index < -0.39 is 0 Å². The average Bonchev–Trinajstić information content (AvgIpc) is 2.15. The molecule has 0 saturated carbocycles. The van der Waals surface area contributed by atoms with Gasteiger partial charge in [-0.05, 0) is 31.6 Å². The average molecular weight is 161 g/mol. The normalized spacial score (nSPS) is 9.33. The Labute approximate surface area is 72.1 Å². The first-order valence-corrected chi connectivity index (χ1v) is 3.86. The van der Waals surface area contributed by atoms with Gasteiger partial charge in [0.05, 0.1) is 0 Å². The maximum atomic E-state index is 8.48. The Morgan fingerprint density at radius 1 is 1.58 bits per heavy atom. The molecule has 62 valence electrons. The molecule has 0 aliphatic rings. The molecule has 0 bridgehead atoms. The lowest BCUT2D eigenvalue weighted by Crippen LogP contribution is -2.10. The second-order valence-electron chi connectivity index (χ2n) is 2.52. The first-order chi connectivity index (χ1) is 5.86. The first-order valence-electron chi connectivity index (χ1n) is 3.86. The van der Waals surface area contributed by atoms with Crippen LogP contribution in [0.3, 0.4) is 0 Å². The van der Waals surface area contributed by atoms with Gasteiger partial charge in [0.1, 0.15) is 11.8 Å². The molecular formula is C9H11N3. The van der Waals surface area contributed by atoms with Crippen LogP contribution in [0.2, 0.25) is 0 Å². The second kappa shape index (κ2) is 4.47. The van der Waals surface area contributed by atoms with Crippen LogP contribution in [0.5, 0.6) is 0 Å². The Balaban J connectivity index is 2.60. The highest BCUT2D eigenvalue weighted by atomic mass is 14.8. The summed E-state index contributed by atoms with van der Waals surface area (Å²) in [6.07, 6.45) is 2.70. The Morgan fingerprint density at radius 2 is 2.42 bits per heavy atom. The third-order valence-corrected chi connectivity index (χ3v) is 1.60. The lowest BCUT2D eigenvalue weighted by atomic mass is 10.2. The van der Waals surface area contributed by atoms with E-state index in [9.17, 15) is 0 Å². The van der Waals surface area contributed by atoms with Gasteiger partial charge in [0.15, 0.2) is 0 Å². The summed E-state index contributed by atoms with van der Waals surface area (Å²) in [5, 5.41) is 11.5. The molecule has 3 heteroatoms. The van der Waals surface area contributed by atoms with E-state index in [2.05, 4.69) is 10.3 Å². The quantitative estimate of drug-likeness (QED) is 0.710. The van der Waals surface area contributed by atoms with E-state index in [1.165, 1.54) is 0 Å². The van der Waals surface area contributed by atoms with E-state index >= 15 is 0 Å². The number of hydrogen-bond acceptors (Lipinski definition) is 3. The lowest BCUT2D eigenvalue weighted by Gasteiger charge is -1.98. The third kappa shape index (κ3) is 2.33. The minimum absolute atomic E-state index is 0.475. The fraction of sp³-hybridized carbons (Fsp3) is 0.333. The zero-order valence-corrected chi connectivity index (χ0v) is 7.04. The van der Waals surface area contributed by atoms with Crippen LogP contribution < -0.4 is 5.32 Å². The number of nitriles is 1. The van der Waals surface area contributed by atoms with Crippen molar-refractivity contribution in [3.63, 3.8) is 0 Å². The molecule has 1 rings (SSSR count). The molecule has 0 unspecified atom stereocenters. The van der Waals surface area contributed by atoms with Crippen molar-refractivity contribution in [2.24, 2.45) is 0 Å². The molecule has 0 saturated heterocycles. The number of hydrogen-bond donors (Lipinski definition) is 1. The number of pyridine rings is 1. The number of nitrogens with zero attached hydrogens (tertiary/aromatic N) is 2. The van der Waals surface area contributed by atoms with E-state index in [1.54, 1.807) is 12.3 Å². The molecule has 0 amide bonds. The van der Waals surface area contributed by atoms with Gasteiger partial charge < -0.3 is 5.32 Å². The summed E-state index contributed by atoms with van der Waals surface area (Å²) in [4.78, 5) is 3.96. The maximum Gasteiger partial charge on any atom is 0.140 e. The van der Waals surface area contributed by atoms with E-state index in [0.29, 0.717) is 5.69 Å². The summed E-state index contributed by atoms with van der Waals surface area (Å²) in [5.41, 5.74) is 1.63. The van der Waals surface area contributed by atoms with Crippen molar-refractivity contribution >= 4 is 0 Å². The van der Waals surface area contributed by atoms with Crippen molar-refractivity contribution in [3.8, 4) is 6.07 Å². The van der Waals surface area contributed by atoms with Crippen LogP contribution in [0.1, 0.15) is 11.3 Å². The van der Waals surface area contributed by atoms with Crippen LogP contribution in [0.15, 0.2) is 18.3 Å². The second-order valence-corrected chi connectivity index (χ2v) is 2.52. The lowest BCUT2D eigenvalue weighted by molar-refractivity contribution is 0.789. The van der Waals surface area contributed by atoms with Gasteiger partial charge in [0, 0.05) is 6.20 Å². The van der Waals surface area contributed by atoms with Gasteiger partial charge in [-0.25, -0.2) is 4.98 Å². The van der Waals surface area contributed by atoms with Gasteiger partial charge in [-0.15, -0.1) is 0 Å². The molecule has 1 aromatic heterocycles. The summed E-state index contributed by atoms with van der Waals surface area (Å²) in [6, 6.07) is 5.66. The highest BCUT2D eigenvalue weighted by Gasteiger charge is 1.93. The van der Waals surface area contributed by atoms with Crippen molar-refractivity contribution in [2.45, 2.75) is 6.42 Å². The topological polar surface area (TPSA) is 48.7 Å². The minimum Gasteiger partial charge on any atom is -0.319 e. The predicted octanol–water partition coefficient (Wildman–Crippen LogP) is 0.715. The molecule has 0 fully saturated rings. The number of likely N-dealkylation sites (N-methyl/N-ethyl adjacent to an activating group) is 1. The molecule has 0 spiro atoms. The van der Waals surface area contributed by atoms with Gasteiger partial charge in [-0.1, -0.05) is 6.07 Å². The Bertz CT molecular complexity index is 271. The van der Waals surface area contributed by atoms with Crippen LogP contribution in [-0.4, -0.2) is 18.6 Å². The van der Waals surface area contributed by atoms with Crippen molar-refractivity contribution in [3.05, 3.63) is 29.6 Å². The standard InChI is InChI=1S/C9H11N3/c1-11-5-4-8-2-3-9(6-10)12-7-8/h2-3,7,11H,4-5H2,1H3. The fourth-order valence-corrected chi connectivity index (χ4v) is 0.908. The van der Waals surface area contributed by atoms with Crippen LogP contribution in [0.25, 0.3) is 0 Å². The maximum absolute atomic E-state index is 8.48. The van der Waals surface area contributed by atoms with Crippen molar-refractivity contribution < 1.29 is 0 Å². The van der Waals surface area contributed by atoms with Gasteiger partial charge in [0.25, 0.3) is 0 Å². The van der Waals surface area contributed by atoms with E-state index in [-0.39, 0.29) is 0 Å². The first kappa shape index (κ1) is 8.69. The summed E-state index contributed by atoms with van der Waals surface area (Å²) >= 11 is 0. The summed E-state index contributed by atoms with van der Waals surface area (Å²) in [5.74, 6) is 0. The Hall–Kier alpha value is -1.40. The highest BCUT2D eigenvalue weighted by Crippen LogP contribution is 1.99. The van der Waals surface area contributed by atoms with Gasteiger partial charge in [-0.3, -0.25) is 0 Å². The predicted molar refractivity (Wildman–Crippen MR) is 46.6 cm³/mol. The summed E-state index contributed by atoms with van der Waals surface area (Å²) in [6.45, 7) is 0.938. The van der Waals surface area contributed by atoms with Crippen molar-refractivity contribution in [2.75, 3.05) is 13.6 Å². The van der Waals surface area contributed by atoms with Gasteiger partial charge in [0.2, 0.25) is 0 Å². The molecule has 12 heavy (non-hydrogen) atoms. The number of aromatic nitrogens is 1.